The first-order valence-electron chi connectivity index (χ1n) is 10.2. The van der Waals surface area contributed by atoms with Gasteiger partial charge in [0.1, 0.15) is 18.5 Å². The van der Waals surface area contributed by atoms with E-state index in [9.17, 15) is 18.6 Å². The summed E-state index contributed by atoms with van der Waals surface area (Å²) < 4.78 is 33.0. The second kappa shape index (κ2) is 9.62. The minimum Gasteiger partial charge on any atom is -0.388 e. The fourth-order valence-corrected chi connectivity index (χ4v) is 4.13. The van der Waals surface area contributed by atoms with Gasteiger partial charge in [0, 0.05) is 13.0 Å². The van der Waals surface area contributed by atoms with Crippen LogP contribution in [-0.2, 0) is 25.8 Å². The maximum absolute atomic E-state index is 10.8. The van der Waals surface area contributed by atoms with E-state index in [-0.39, 0.29) is 19.6 Å². The predicted molar refractivity (Wildman–Crippen MR) is 116 cm³/mol. The SMILES string of the molecule is Cc1ccccc1CNc1ncnc2c1nnn2[C@H]1C[C@@H](OCCOS(N)(=O)=O)[C@H](O)[C@@H]1O. The van der Waals surface area contributed by atoms with Crippen molar-refractivity contribution in [1.82, 2.24) is 25.0 Å². The molecule has 0 spiro atoms. The Balaban J connectivity index is 1.47. The quantitative estimate of drug-likeness (QED) is 0.287. The maximum atomic E-state index is 10.8. The largest absolute Gasteiger partial charge is 0.388 e. The number of nitrogens with zero attached hydrogens (tertiary/aromatic N) is 5. The third-order valence-corrected chi connectivity index (χ3v) is 6.04. The molecule has 0 bridgehead atoms. The Kier molecular flexibility index (Phi) is 6.83. The average Bonchev–Trinajstić information content (AvgIpc) is 3.32. The number of aryl methyl sites for hydroxylation is 1. The van der Waals surface area contributed by atoms with E-state index in [1.807, 2.05) is 31.2 Å². The molecule has 178 valence electrons. The first-order valence-corrected chi connectivity index (χ1v) is 11.7. The normalized spacial score (nSPS) is 23.3. The molecule has 14 heteroatoms. The van der Waals surface area contributed by atoms with Crippen LogP contribution in [0.15, 0.2) is 30.6 Å². The van der Waals surface area contributed by atoms with Gasteiger partial charge >= 0.3 is 10.3 Å². The summed E-state index contributed by atoms with van der Waals surface area (Å²) >= 11 is 0. The van der Waals surface area contributed by atoms with Gasteiger partial charge in [0.15, 0.2) is 17.0 Å². The first kappa shape index (κ1) is 23.4. The van der Waals surface area contributed by atoms with E-state index in [0.29, 0.717) is 23.5 Å². The van der Waals surface area contributed by atoms with Crippen molar-refractivity contribution in [2.75, 3.05) is 18.5 Å². The van der Waals surface area contributed by atoms with Crippen LogP contribution in [0.2, 0.25) is 0 Å². The van der Waals surface area contributed by atoms with Gasteiger partial charge in [-0.2, -0.15) is 8.42 Å². The van der Waals surface area contributed by atoms with Gasteiger partial charge in [-0.3, -0.25) is 4.18 Å². The molecule has 0 amide bonds. The molecule has 13 nitrogen and oxygen atoms in total. The molecule has 0 saturated heterocycles. The number of hydrogen-bond acceptors (Lipinski definition) is 11. The van der Waals surface area contributed by atoms with Crippen LogP contribution in [0.1, 0.15) is 23.6 Å². The van der Waals surface area contributed by atoms with Gasteiger partial charge < -0.3 is 20.3 Å². The number of rotatable bonds is 9. The Labute approximate surface area is 189 Å². The molecule has 5 N–H and O–H groups in total. The summed E-state index contributed by atoms with van der Waals surface area (Å²) in [6.07, 6.45) is -1.61. The highest BCUT2D eigenvalue weighted by Crippen LogP contribution is 2.34. The molecule has 0 radical (unpaired) electrons. The van der Waals surface area contributed by atoms with Gasteiger partial charge in [0.25, 0.3) is 0 Å². The predicted octanol–water partition coefficient (Wildman–Crippen LogP) is -0.586. The molecule has 33 heavy (non-hydrogen) atoms. The Morgan fingerprint density at radius 1 is 1.21 bits per heavy atom. The Bertz CT molecular complexity index is 1220. The monoisotopic (exact) mass is 479 g/mol. The molecular weight excluding hydrogens is 454 g/mol. The highest BCUT2D eigenvalue weighted by atomic mass is 32.2. The van der Waals surface area contributed by atoms with Crippen LogP contribution in [-0.4, -0.2) is 75.1 Å². The molecular formula is C19H25N7O6S. The standard InChI is InChI=1S/C19H25N7O6S/c1-11-4-2-3-5-12(11)9-21-18-15-19(23-10-22-18)26(25-24-15)13-8-14(17(28)16(13)27)31-6-7-32-33(20,29)30/h2-5,10,13-14,16-17,27-28H,6-9H2,1H3,(H2,20,29,30)(H,21,22,23)/t13-,14+,16+,17-/m0/s1. The van der Waals surface area contributed by atoms with E-state index < -0.39 is 34.7 Å². The Morgan fingerprint density at radius 3 is 2.76 bits per heavy atom. The number of aromatic nitrogens is 5. The molecule has 2 heterocycles. The number of aliphatic hydroxyl groups is 2. The zero-order valence-corrected chi connectivity index (χ0v) is 18.6. The molecule has 1 fully saturated rings. The van der Waals surface area contributed by atoms with Crippen LogP contribution < -0.4 is 10.5 Å². The van der Waals surface area contributed by atoms with E-state index in [1.54, 1.807) is 0 Å². The van der Waals surface area contributed by atoms with Crippen molar-refractivity contribution in [3.05, 3.63) is 41.7 Å². The number of fused-ring (bicyclic) bond motifs is 1. The molecule has 1 aliphatic rings. The lowest BCUT2D eigenvalue weighted by atomic mass is 10.1. The summed E-state index contributed by atoms with van der Waals surface area (Å²) in [7, 11) is -4.08. The summed E-state index contributed by atoms with van der Waals surface area (Å²) in [5.74, 6) is 0.496. The van der Waals surface area contributed by atoms with Crippen molar-refractivity contribution in [2.45, 2.75) is 44.2 Å². The molecule has 1 aliphatic carbocycles. The second-order valence-electron chi connectivity index (χ2n) is 7.72. The van der Waals surface area contributed by atoms with Gasteiger partial charge in [-0.25, -0.2) is 19.8 Å². The van der Waals surface area contributed by atoms with Crippen molar-refractivity contribution >= 4 is 27.3 Å². The lowest BCUT2D eigenvalue weighted by Crippen LogP contribution is -2.33. The maximum Gasteiger partial charge on any atom is 0.333 e. The Hall–Kier alpha value is -2.75. The molecule has 3 aromatic rings. The van der Waals surface area contributed by atoms with Gasteiger partial charge in [-0.1, -0.05) is 29.5 Å². The van der Waals surface area contributed by atoms with Crippen molar-refractivity contribution in [2.24, 2.45) is 5.14 Å². The molecule has 4 rings (SSSR count). The zero-order valence-electron chi connectivity index (χ0n) is 17.8. The van der Waals surface area contributed by atoms with Crippen molar-refractivity contribution < 1.29 is 27.6 Å². The summed E-state index contributed by atoms with van der Waals surface area (Å²) in [5.41, 5.74) is 3.07. The summed E-state index contributed by atoms with van der Waals surface area (Å²) in [4.78, 5) is 8.52. The fraction of sp³-hybridized carbons (Fsp3) is 0.474. The number of nitrogens with two attached hydrogens (primary N) is 1. The average molecular weight is 480 g/mol. The van der Waals surface area contributed by atoms with Crippen LogP contribution in [0.3, 0.4) is 0 Å². The van der Waals surface area contributed by atoms with Gasteiger partial charge in [0.2, 0.25) is 0 Å². The third-order valence-electron chi connectivity index (χ3n) is 5.54. The molecule has 1 aromatic carbocycles. The van der Waals surface area contributed by atoms with Gasteiger partial charge in [-0.15, -0.1) is 5.10 Å². The third kappa shape index (κ3) is 5.26. The molecule has 2 aromatic heterocycles. The first-order chi connectivity index (χ1) is 15.7. The van der Waals surface area contributed by atoms with Crippen LogP contribution in [0.4, 0.5) is 5.82 Å². The Morgan fingerprint density at radius 2 is 2.00 bits per heavy atom. The fourth-order valence-electron chi connectivity index (χ4n) is 3.83. The minimum absolute atomic E-state index is 0.134. The zero-order chi connectivity index (χ0) is 23.6. The molecule has 0 aliphatic heterocycles. The van der Waals surface area contributed by atoms with Gasteiger partial charge in [0.05, 0.1) is 25.4 Å². The van der Waals surface area contributed by atoms with Crippen molar-refractivity contribution in [3.8, 4) is 0 Å². The van der Waals surface area contributed by atoms with E-state index in [0.717, 1.165) is 11.1 Å². The molecule has 4 atom stereocenters. The molecule has 1 saturated carbocycles. The van der Waals surface area contributed by atoms with Crippen LogP contribution in [0, 0.1) is 6.92 Å². The van der Waals surface area contributed by atoms with E-state index in [2.05, 4.69) is 29.8 Å². The number of aliphatic hydroxyl groups excluding tert-OH is 2. The lowest BCUT2D eigenvalue weighted by Gasteiger charge is -2.17. The van der Waals surface area contributed by atoms with Gasteiger partial charge in [-0.05, 0) is 18.1 Å². The summed E-state index contributed by atoms with van der Waals surface area (Å²) in [6, 6.07) is 7.31. The number of hydrogen-bond donors (Lipinski definition) is 4. The number of anilines is 1. The lowest BCUT2D eigenvalue weighted by molar-refractivity contribution is -0.0612. The van der Waals surface area contributed by atoms with Crippen molar-refractivity contribution in [3.63, 3.8) is 0 Å². The minimum atomic E-state index is -4.08. The second-order valence-corrected chi connectivity index (χ2v) is 8.94. The number of nitrogens with one attached hydrogen (secondary N) is 1. The van der Waals surface area contributed by atoms with E-state index in [4.69, 9.17) is 9.88 Å². The van der Waals surface area contributed by atoms with Crippen molar-refractivity contribution in [1.29, 1.82) is 0 Å². The molecule has 0 unspecified atom stereocenters. The van der Waals surface area contributed by atoms with E-state index in [1.165, 1.54) is 11.0 Å². The number of ether oxygens (including phenoxy) is 1. The van der Waals surface area contributed by atoms with Crippen LogP contribution in [0.25, 0.3) is 11.2 Å². The number of benzene rings is 1. The van der Waals surface area contributed by atoms with Crippen LogP contribution in [0.5, 0.6) is 0 Å². The highest BCUT2D eigenvalue weighted by molar-refractivity contribution is 7.84. The smallest absolute Gasteiger partial charge is 0.333 e. The topological polar surface area (TPSA) is 188 Å². The van der Waals surface area contributed by atoms with E-state index >= 15 is 0 Å². The summed E-state index contributed by atoms with van der Waals surface area (Å²) in [5, 5.41) is 37.3. The van der Waals surface area contributed by atoms with Crippen LogP contribution >= 0.6 is 0 Å². The highest BCUT2D eigenvalue weighted by Gasteiger charge is 2.44. The summed E-state index contributed by atoms with van der Waals surface area (Å²) in [6.45, 7) is 2.12.